The number of benzene rings is 2. The number of hydrogen-bond acceptors (Lipinski definition) is 3. The standard InChI is InChI=1S/C25H31N3O2/c1-4-5-6-20-7-9-21(10-8-20)22-11-13-23(14-12-22)28-18-26-17-24(28)25(29)27-15-16-30-19(2)3/h7-14,17-19H,4-6,15-16H2,1-3H3,(H,27,29). The largest absolute Gasteiger partial charge is 0.377 e. The molecule has 5 heteroatoms. The minimum absolute atomic E-state index is 0.151. The van der Waals surface area contributed by atoms with Crippen LogP contribution >= 0.6 is 0 Å². The van der Waals surface area contributed by atoms with Gasteiger partial charge in [0.15, 0.2) is 0 Å². The van der Waals surface area contributed by atoms with E-state index in [1.807, 2.05) is 26.0 Å². The van der Waals surface area contributed by atoms with E-state index in [4.69, 9.17) is 4.74 Å². The number of nitrogens with zero attached hydrogens (tertiary/aromatic N) is 2. The third kappa shape index (κ3) is 5.80. The molecule has 1 amide bonds. The molecule has 1 N–H and O–H groups in total. The normalized spacial score (nSPS) is 11.1. The summed E-state index contributed by atoms with van der Waals surface area (Å²) in [6, 6.07) is 17.0. The van der Waals surface area contributed by atoms with Crippen molar-refractivity contribution in [3.8, 4) is 16.8 Å². The van der Waals surface area contributed by atoms with Gasteiger partial charge in [-0.05, 0) is 55.5 Å². The van der Waals surface area contributed by atoms with E-state index in [2.05, 4.69) is 53.6 Å². The van der Waals surface area contributed by atoms with Crippen LogP contribution in [-0.4, -0.2) is 34.7 Å². The van der Waals surface area contributed by atoms with Crippen LogP contribution in [0.2, 0.25) is 0 Å². The van der Waals surface area contributed by atoms with Gasteiger partial charge in [-0.25, -0.2) is 4.98 Å². The van der Waals surface area contributed by atoms with Crippen LogP contribution in [0.3, 0.4) is 0 Å². The highest BCUT2D eigenvalue weighted by atomic mass is 16.5. The van der Waals surface area contributed by atoms with Crippen LogP contribution in [0.1, 0.15) is 49.7 Å². The van der Waals surface area contributed by atoms with Crippen molar-refractivity contribution in [3.05, 3.63) is 72.3 Å². The first-order valence-electron chi connectivity index (χ1n) is 10.7. The number of carbonyl (C=O) groups is 1. The van der Waals surface area contributed by atoms with Crippen LogP contribution in [0, 0.1) is 0 Å². The molecule has 0 bridgehead atoms. The highest BCUT2D eigenvalue weighted by Crippen LogP contribution is 2.22. The zero-order chi connectivity index (χ0) is 21.3. The maximum Gasteiger partial charge on any atom is 0.270 e. The highest BCUT2D eigenvalue weighted by Gasteiger charge is 2.13. The number of imidazole rings is 1. The van der Waals surface area contributed by atoms with Gasteiger partial charge in [0.25, 0.3) is 5.91 Å². The molecule has 0 unspecified atom stereocenters. The summed E-state index contributed by atoms with van der Waals surface area (Å²) in [5, 5.41) is 2.88. The summed E-state index contributed by atoms with van der Waals surface area (Å²) in [6.45, 7) is 7.12. The Morgan fingerprint density at radius 1 is 1.07 bits per heavy atom. The Kier molecular flexibility index (Phi) is 7.80. The molecule has 0 atom stereocenters. The number of hydrogen-bond donors (Lipinski definition) is 1. The average Bonchev–Trinajstić information content (AvgIpc) is 3.25. The van der Waals surface area contributed by atoms with Crippen LogP contribution in [-0.2, 0) is 11.2 Å². The van der Waals surface area contributed by atoms with Crippen molar-refractivity contribution in [3.63, 3.8) is 0 Å². The highest BCUT2D eigenvalue weighted by molar-refractivity contribution is 5.93. The second-order valence-electron chi connectivity index (χ2n) is 7.67. The van der Waals surface area contributed by atoms with Gasteiger partial charge in [-0.2, -0.15) is 0 Å². The molecule has 0 aliphatic carbocycles. The topological polar surface area (TPSA) is 56.2 Å². The molecule has 1 aromatic heterocycles. The van der Waals surface area contributed by atoms with E-state index in [1.54, 1.807) is 17.1 Å². The first kappa shape index (κ1) is 21.8. The molecule has 5 nitrogen and oxygen atoms in total. The summed E-state index contributed by atoms with van der Waals surface area (Å²) >= 11 is 0. The molecule has 0 saturated heterocycles. The molecule has 0 fully saturated rings. The number of aromatic nitrogens is 2. The lowest BCUT2D eigenvalue weighted by Gasteiger charge is -2.11. The van der Waals surface area contributed by atoms with Crippen LogP contribution < -0.4 is 5.32 Å². The number of rotatable bonds is 10. The van der Waals surface area contributed by atoms with Crippen LogP contribution in [0.5, 0.6) is 0 Å². The summed E-state index contributed by atoms with van der Waals surface area (Å²) in [5.74, 6) is -0.161. The third-order valence-corrected chi connectivity index (χ3v) is 4.96. The monoisotopic (exact) mass is 405 g/mol. The Morgan fingerprint density at radius 2 is 1.73 bits per heavy atom. The number of carbonyl (C=O) groups excluding carboxylic acids is 1. The summed E-state index contributed by atoms with van der Waals surface area (Å²) in [7, 11) is 0. The van der Waals surface area contributed by atoms with E-state index in [-0.39, 0.29) is 12.0 Å². The van der Waals surface area contributed by atoms with Crippen molar-refractivity contribution in [2.45, 2.75) is 46.1 Å². The first-order chi connectivity index (χ1) is 14.6. The van der Waals surface area contributed by atoms with Crippen LogP contribution in [0.15, 0.2) is 61.1 Å². The van der Waals surface area contributed by atoms with E-state index >= 15 is 0 Å². The molecular formula is C25H31N3O2. The minimum Gasteiger partial charge on any atom is -0.377 e. The summed E-state index contributed by atoms with van der Waals surface area (Å²) in [6.07, 6.45) is 6.96. The van der Waals surface area contributed by atoms with E-state index < -0.39 is 0 Å². The molecule has 3 aromatic rings. The van der Waals surface area contributed by atoms with Crippen molar-refractivity contribution < 1.29 is 9.53 Å². The summed E-state index contributed by atoms with van der Waals surface area (Å²) < 4.78 is 7.27. The molecule has 3 rings (SSSR count). The smallest absolute Gasteiger partial charge is 0.270 e. The van der Waals surface area contributed by atoms with Gasteiger partial charge in [0.1, 0.15) is 5.69 Å². The number of unbranched alkanes of at least 4 members (excludes halogenated alkanes) is 1. The number of aryl methyl sites for hydroxylation is 1. The lowest BCUT2D eigenvalue weighted by Crippen LogP contribution is -2.29. The van der Waals surface area contributed by atoms with Gasteiger partial charge in [-0.1, -0.05) is 49.7 Å². The van der Waals surface area contributed by atoms with Crippen molar-refractivity contribution in [2.75, 3.05) is 13.2 Å². The molecule has 0 aliphatic heterocycles. The fourth-order valence-corrected chi connectivity index (χ4v) is 3.28. The van der Waals surface area contributed by atoms with Gasteiger partial charge in [0.2, 0.25) is 0 Å². The Labute approximate surface area is 179 Å². The number of amides is 1. The van der Waals surface area contributed by atoms with E-state index in [0.717, 1.165) is 17.7 Å². The predicted octanol–water partition coefficient (Wildman–Crippen LogP) is 5.04. The SMILES string of the molecule is CCCCc1ccc(-c2ccc(-n3cncc3C(=O)NCCOC(C)C)cc2)cc1. The average molecular weight is 406 g/mol. The molecule has 0 spiro atoms. The van der Waals surface area contributed by atoms with Crippen LogP contribution in [0.25, 0.3) is 16.8 Å². The molecule has 0 saturated carbocycles. The zero-order valence-electron chi connectivity index (χ0n) is 18.1. The fraction of sp³-hybridized carbons (Fsp3) is 0.360. The molecule has 2 aromatic carbocycles. The fourth-order valence-electron chi connectivity index (χ4n) is 3.28. The molecular weight excluding hydrogens is 374 g/mol. The lowest BCUT2D eigenvalue weighted by molar-refractivity contribution is 0.0744. The van der Waals surface area contributed by atoms with Crippen molar-refractivity contribution in [1.29, 1.82) is 0 Å². The predicted molar refractivity (Wildman–Crippen MR) is 121 cm³/mol. The van der Waals surface area contributed by atoms with Crippen LogP contribution in [0.4, 0.5) is 0 Å². The van der Waals surface area contributed by atoms with E-state index in [9.17, 15) is 4.79 Å². The minimum atomic E-state index is -0.161. The van der Waals surface area contributed by atoms with Gasteiger partial charge < -0.3 is 10.1 Å². The van der Waals surface area contributed by atoms with Gasteiger partial charge >= 0.3 is 0 Å². The number of nitrogens with one attached hydrogen (secondary N) is 1. The molecule has 30 heavy (non-hydrogen) atoms. The quantitative estimate of drug-likeness (QED) is 0.481. The van der Waals surface area contributed by atoms with Crippen molar-refractivity contribution in [2.24, 2.45) is 0 Å². The molecule has 0 aliphatic rings. The van der Waals surface area contributed by atoms with Crippen molar-refractivity contribution in [1.82, 2.24) is 14.9 Å². The second-order valence-corrected chi connectivity index (χ2v) is 7.67. The van der Waals surface area contributed by atoms with E-state index in [0.29, 0.717) is 18.8 Å². The maximum absolute atomic E-state index is 12.5. The van der Waals surface area contributed by atoms with E-state index in [1.165, 1.54) is 24.0 Å². The second kappa shape index (κ2) is 10.7. The summed E-state index contributed by atoms with van der Waals surface area (Å²) in [4.78, 5) is 16.7. The Morgan fingerprint density at radius 3 is 2.37 bits per heavy atom. The Balaban J connectivity index is 1.67. The maximum atomic E-state index is 12.5. The third-order valence-electron chi connectivity index (χ3n) is 4.96. The summed E-state index contributed by atoms with van der Waals surface area (Å²) in [5.41, 5.74) is 5.13. The molecule has 1 heterocycles. The van der Waals surface area contributed by atoms with Crippen molar-refractivity contribution >= 4 is 5.91 Å². The first-order valence-corrected chi connectivity index (χ1v) is 10.7. The van der Waals surface area contributed by atoms with Gasteiger partial charge in [0, 0.05) is 12.2 Å². The van der Waals surface area contributed by atoms with Gasteiger partial charge in [0.05, 0.1) is 25.2 Å². The zero-order valence-corrected chi connectivity index (χ0v) is 18.1. The Hall–Kier alpha value is -2.92. The molecule has 0 radical (unpaired) electrons. The molecule has 158 valence electrons. The van der Waals surface area contributed by atoms with Gasteiger partial charge in [-0.3, -0.25) is 9.36 Å². The lowest BCUT2D eigenvalue weighted by atomic mass is 10.0. The Bertz CT molecular complexity index is 928. The number of ether oxygens (including phenoxy) is 1. The van der Waals surface area contributed by atoms with Gasteiger partial charge in [-0.15, -0.1) is 0 Å².